The third-order valence-electron chi connectivity index (χ3n) is 5.83. The van der Waals surface area contributed by atoms with Crippen molar-refractivity contribution in [3.8, 4) is 12.1 Å². The van der Waals surface area contributed by atoms with E-state index in [2.05, 4.69) is 26.0 Å². The maximum atomic E-state index is 9.31. The molecule has 0 N–H and O–H groups in total. The summed E-state index contributed by atoms with van der Waals surface area (Å²) in [5.41, 5.74) is 4.11. The van der Waals surface area contributed by atoms with Crippen molar-refractivity contribution in [1.29, 1.82) is 10.5 Å². The summed E-state index contributed by atoms with van der Waals surface area (Å²) in [5, 5.41) is 18.6. The van der Waals surface area contributed by atoms with E-state index in [0.29, 0.717) is 16.5 Å². The minimum absolute atomic E-state index is 0.366. The summed E-state index contributed by atoms with van der Waals surface area (Å²) in [5.74, 6) is 0. The van der Waals surface area contributed by atoms with E-state index in [0.717, 1.165) is 12.8 Å². The Balaban J connectivity index is 2.13. The molecule has 1 aromatic rings. The molecule has 0 amide bonds. The van der Waals surface area contributed by atoms with Gasteiger partial charge in [0.25, 0.3) is 0 Å². The van der Waals surface area contributed by atoms with Gasteiger partial charge in [0.05, 0.1) is 11.1 Å². The summed E-state index contributed by atoms with van der Waals surface area (Å²) < 4.78 is 0. The summed E-state index contributed by atoms with van der Waals surface area (Å²) >= 11 is 0. The van der Waals surface area contributed by atoms with E-state index in [1.165, 1.54) is 75.3 Å². The number of rotatable bonds is 10. The van der Waals surface area contributed by atoms with Gasteiger partial charge in [0.1, 0.15) is 12.1 Å². The van der Waals surface area contributed by atoms with E-state index in [4.69, 9.17) is 0 Å². The Morgan fingerprint density at radius 2 is 1.20 bits per heavy atom. The summed E-state index contributed by atoms with van der Waals surface area (Å²) in [7, 11) is 0. The van der Waals surface area contributed by atoms with Crippen LogP contribution in [0.15, 0.2) is 12.1 Å². The molecular weight excluding hydrogens is 304 g/mol. The number of fused-ring (bicyclic) bond motifs is 1. The SMILES string of the molecule is CCCCCCC1(CCCCCC)Cc2cc(C#N)c(C#N)cc2C1. The van der Waals surface area contributed by atoms with Crippen LogP contribution in [0.1, 0.15) is 100 Å². The van der Waals surface area contributed by atoms with Crippen molar-refractivity contribution in [3.63, 3.8) is 0 Å². The zero-order valence-electron chi connectivity index (χ0n) is 16.0. The smallest absolute Gasteiger partial charge is 0.101 e. The van der Waals surface area contributed by atoms with E-state index >= 15 is 0 Å². The van der Waals surface area contributed by atoms with Crippen LogP contribution in [0, 0.1) is 28.1 Å². The Bertz CT molecular complexity index is 588. The first-order valence-electron chi connectivity index (χ1n) is 10.1. The molecule has 0 spiro atoms. The van der Waals surface area contributed by atoms with Crippen molar-refractivity contribution in [3.05, 3.63) is 34.4 Å². The highest BCUT2D eigenvalue weighted by Crippen LogP contribution is 2.45. The molecule has 0 aliphatic heterocycles. The minimum Gasteiger partial charge on any atom is -0.192 e. The van der Waals surface area contributed by atoms with Gasteiger partial charge in [-0.3, -0.25) is 0 Å². The van der Waals surface area contributed by atoms with Gasteiger partial charge in [-0.05, 0) is 54.4 Å². The molecule has 0 unspecified atom stereocenters. The second-order valence-electron chi connectivity index (χ2n) is 7.86. The van der Waals surface area contributed by atoms with Gasteiger partial charge >= 0.3 is 0 Å². The van der Waals surface area contributed by atoms with Crippen molar-refractivity contribution in [2.45, 2.75) is 90.9 Å². The largest absolute Gasteiger partial charge is 0.192 e. The molecule has 1 aliphatic carbocycles. The molecule has 2 rings (SSSR count). The van der Waals surface area contributed by atoms with Crippen molar-refractivity contribution >= 4 is 0 Å². The summed E-state index contributed by atoms with van der Waals surface area (Å²) in [4.78, 5) is 0. The van der Waals surface area contributed by atoms with Crippen LogP contribution in [0.25, 0.3) is 0 Å². The number of hydrogen-bond donors (Lipinski definition) is 0. The molecule has 0 atom stereocenters. The Morgan fingerprint density at radius 3 is 1.56 bits per heavy atom. The predicted molar refractivity (Wildman–Crippen MR) is 103 cm³/mol. The molecule has 2 heteroatoms. The summed E-state index contributed by atoms with van der Waals surface area (Å²) in [6, 6.07) is 8.39. The van der Waals surface area contributed by atoms with Crippen molar-refractivity contribution < 1.29 is 0 Å². The van der Waals surface area contributed by atoms with Gasteiger partial charge in [-0.2, -0.15) is 10.5 Å². The van der Waals surface area contributed by atoms with Crippen LogP contribution in [0.2, 0.25) is 0 Å². The van der Waals surface area contributed by atoms with E-state index in [9.17, 15) is 10.5 Å². The molecule has 0 aromatic heterocycles. The lowest BCUT2D eigenvalue weighted by molar-refractivity contribution is 0.236. The second kappa shape index (κ2) is 9.62. The molecule has 1 aromatic carbocycles. The molecular formula is C23H32N2. The highest BCUT2D eigenvalue weighted by Gasteiger charge is 2.36. The minimum atomic E-state index is 0.366. The van der Waals surface area contributed by atoms with Gasteiger partial charge < -0.3 is 0 Å². The lowest BCUT2D eigenvalue weighted by Gasteiger charge is -2.29. The van der Waals surface area contributed by atoms with E-state index in [1.807, 2.05) is 12.1 Å². The summed E-state index contributed by atoms with van der Waals surface area (Å²) in [6.45, 7) is 4.53. The van der Waals surface area contributed by atoms with Gasteiger partial charge in [0, 0.05) is 0 Å². The average molecular weight is 337 g/mol. The van der Waals surface area contributed by atoms with E-state index in [1.54, 1.807) is 0 Å². The normalized spacial score (nSPS) is 14.7. The third-order valence-corrected chi connectivity index (χ3v) is 5.83. The van der Waals surface area contributed by atoms with Crippen LogP contribution in [0.4, 0.5) is 0 Å². The molecule has 0 heterocycles. The molecule has 1 aliphatic rings. The Labute approximate surface area is 153 Å². The van der Waals surface area contributed by atoms with Crippen LogP contribution < -0.4 is 0 Å². The average Bonchev–Trinajstić information content (AvgIpc) is 2.98. The highest BCUT2D eigenvalue weighted by molar-refractivity contribution is 5.52. The van der Waals surface area contributed by atoms with Crippen molar-refractivity contribution in [2.75, 3.05) is 0 Å². The molecule has 2 nitrogen and oxygen atoms in total. The fourth-order valence-electron chi connectivity index (χ4n) is 4.41. The van der Waals surface area contributed by atoms with Crippen LogP contribution in [-0.4, -0.2) is 0 Å². The standard InChI is InChI=1S/C23H32N2/c1-3-5-7-9-11-23(12-10-8-6-4-2)15-19-13-21(17-24)22(18-25)14-20(19)16-23/h13-14H,3-12,15-16H2,1-2H3. The van der Waals surface area contributed by atoms with Gasteiger partial charge in [0.2, 0.25) is 0 Å². The van der Waals surface area contributed by atoms with Crippen LogP contribution >= 0.6 is 0 Å². The fourth-order valence-corrected chi connectivity index (χ4v) is 4.41. The summed E-state index contributed by atoms with van der Waals surface area (Å²) in [6.07, 6.45) is 15.3. The lowest BCUT2D eigenvalue weighted by Crippen LogP contribution is -2.21. The van der Waals surface area contributed by atoms with Gasteiger partial charge in [-0.1, -0.05) is 65.2 Å². The lowest BCUT2D eigenvalue weighted by atomic mass is 9.75. The topological polar surface area (TPSA) is 47.6 Å². The van der Waals surface area contributed by atoms with Gasteiger partial charge in [-0.15, -0.1) is 0 Å². The monoisotopic (exact) mass is 336 g/mol. The fraction of sp³-hybridized carbons (Fsp3) is 0.652. The Kier molecular flexibility index (Phi) is 7.52. The van der Waals surface area contributed by atoms with Crippen LogP contribution in [0.3, 0.4) is 0 Å². The number of nitrogens with zero attached hydrogens (tertiary/aromatic N) is 2. The first-order chi connectivity index (χ1) is 12.2. The van der Waals surface area contributed by atoms with Crippen LogP contribution in [0.5, 0.6) is 0 Å². The van der Waals surface area contributed by atoms with E-state index < -0.39 is 0 Å². The predicted octanol–water partition coefficient (Wildman–Crippen LogP) is 6.46. The molecule has 0 bridgehead atoms. The number of unbranched alkanes of at least 4 members (excludes halogenated alkanes) is 6. The van der Waals surface area contributed by atoms with Crippen LogP contribution in [-0.2, 0) is 12.8 Å². The zero-order chi connectivity index (χ0) is 18.1. The number of hydrogen-bond acceptors (Lipinski definition) is 2. The second-order valence-corrected chi connectivity index (χ2v) is 7.86. The third kappa shape index (κ3) is 5.09. The Morgan fingerprint density at radius 1 is 0.760 bits per heavy atom. The number of benzene rings is 1. The molecule has 0 saturated heterocycles. The van der Waals surface area contributed by atoms with E-state index in [-0.39, 0.29) is 0 Å². The van der Waals surface area contributed by atoms with Gasteiger partial charge in [-0.25, -0.2) is 0 Å². The highest BCUT2D eigenvalue weighted by atomic mass is 14.4. The zero-order valence-corrected chi connectivity index (χ0v) is 16.0. The van der Waals surface area contributed by atoms with Gasteiger partial charge in [0.15, 0.2) is 0 Å². The Hall–Kier alpha value is -1.80. The van der Waals surface area contributed by atoms with Crippen molar-refractivity contribution in [2.24, 2.45) is 5.41 Å². The maximum absolute atomic E-state index is 9.31. The number of nitriles is 2. The van der Waals surface area contributed by atoms with Crippen molar-refractivity contribution in [1.82, 2.24) is 0 Å². The molecule has 134 valence electrons. The molecule has 0 radical (unpaired) electrons. The first-order valence-corrected chi connectivity index (χ1v) is 10.1. The maximum Gasteiger partial charge on any atom is 0.101 e. The molecule has 0 fully saturated rings. The molecule has 0 saturated carbocycles. The molecule has 25 heavy (non-hydrogen) atoms. The first kappa shape index (κ1) is 19.5. The quantitative estimate of drug-likeness (QED) is 0.460.